The number of hydrogen-bond acceptors (Lipinski definition) is 4. The molecule has 1 saturated carbocycles. The maximum atomic E-state index is 11.8. The normalized spacial score (nSPS) is 23.9. The van der Waals surface area contributed by atoms with Crippen molar-refractivity contribution in [3.8, 4) is 0 Å². The van der Waals surface area contributed by atoms with Gasteiger partial charge in [-0.25, -0.2) is 0 Å². The van der Waals surface area contributed by atoms with E-state index >= 15 is 0 Å². The van der Waals surface area contributed by atoms with Crippen molar-refractivity contribution in [2.24, 2.45) is 0 Å². The largest absolute Gasteiger partial charge is 0.391 e. The lowest BCUT2D eigenvalue weighted by Crippen LogP contribution is -2.40. The highest BCUT2D eigenvalue weighted by Gasteiger charge is 2.26. The summed E-state index contributed by atoms with van der Waals surface area (Å²) < 4.78 is 0.700. The van der Waals surface area contributed by atoms with E-state index < -0.39 is 0 Å². The average molecular weight is 272 g/mol. The first-order valence-electron chi connectivity index (χ1n) is 5.72. The van der Waals surface area contributed by atoms with Gasteiger partial charge in [-0.1, -0.05) is 0 Å². The predicted octanol–water partition coefficient (Wildman–Crippen LogP) is 1.69. The van der Waals surface area contributed by atoms with Crippen LogP contribution in [0.1, 0.15) is 29.8 Å². The quantitative estimate of drug-likeness (QED) is 0.734. The molecule has 94 valence electrons. The highest BCUT2D eigenvalue weighted by molar-refractivity contribution is 7.73. The molecule has 17 heavy (non-hydrogen) atoms. The fraction of sp³-hybridized carbons (Fsp3) is 0.636. The number of aromatic nitrogens is 1. The van der Waals surface area contributed by atoms with Crippen molar-refractivity contribution in [2.75, 3.05) is 0 Å². The molecule has 1 amide bonds. The molecular weight excluding hydrogens is 256 g/mol. The van der Waals surface area contributed by atoms with E-state index in [1.165, 1.54) is 11.3 Å². The number of rotatable bonds is 3. The van der Waals surface area contributed by atoms with Crippen LogP contribution in [-0.2, 0) is 11.2 Å². The number of aliphatic hydroxyl groups excluding tert-OH is 1. The monoisotopic (exact) mass is 272 g/mol. The Kier molecular flexibility index (Phi) is 3.96. The van der Waals surface area contributed by atoms with Crippen LogP contribution in [0.2, 0.25) is 0 Å². The lowest BCUT2D eigenvalue weighted by molar-refractivity contribution is -0.121. The van der Waals surface area contributed by atoms with Gasteiger partial charge in [0.15, 0.2) is 3.95 Å². The Bertz CT molecular complexity index is 466. The van der Waals surface area contributed by atoms with Crippen LogP contribution in [0.25, 0.3) is 0 Å². The van der Waals surface area contributed by atoms with Crippen LogP contribution in [0.4, 0.5) is 0 Å². The molecule has 2 rings (SSSR count). The summed E-state index contributed by atoms with van der Waals surface area (Å²) in [6.07, 6.45) is 2.59. The molecule has 0 bridgehead atoms. The van der Waals surface area contributed by atoms with E-state index in [0.29, 0.717) is 10.4 Å². The molecule has 1 fully saturated rings. The Morgan fingerprint density at radius 3 is 2.94 bits per heavy atom. The SMILES string of the molecule is Cc1[nH]c(=S)sc1CC(=O)N[C@H]1CCC[C@H]1O. The highest BCUT2D eigenvalue weighted by atomic mass is 32.1. The van der Waals surface area contributed by atoms with E-state index in [1.807, 2.05) is 6.92 Å². The zero-order chi connectivity index (χ0) is 12.4. The lowest BCUT2D eigenvalue weighted by Gasteiger charge is -2.16. The van der Waals surface area contributed by atoms with E-state index in [9.17, 15) is 9.90 Å². The highest BCUT2D eigenvalue weighted by Crippen LogP contribution is 2.19. The van der Waals surface area contributed by atoms with Gasteiger partial charge in [-0.2, -0.15) is 0 Å². The molecule has 0 spiro atoms. The molecule has 3 N–H and O–H groups in total. The number of H-pyrrole nitrogens is 1. The van der Waals surface area contributed by atoms with Crippen molar-refractivity contribution in [3.05, 3.63) is 14.5 Å². The van der Waals surface area contributed by atoms with Crippen LogP contribution in [0.15, 0.2) is 0 Å². The summed E-state index contributed by atoms with van der Waals surface area (Å²) in [4.78, 5) is 15.8. The Labute approximate surface area is 109 Å². The van der Waals surface area contributed by atoms with Gasteiger partial charge in [-0.05, 0) is 38.4 Å². The van der Waals surface area contributed by atoms with Crippen molar-refractivity contribution in [1.82, 2.24) is 10.3 Å². The molecule has 0 unspecified atom stereocenters. The maximum absolute atomic E-state index is 11.8. The van der Waals surface area contributed by atoms with E-state index in [-0.39, 0.29) is 18.1 Å². The molecule has 0 aliphatic heterocycles. The molecule has 4 nitrogen and oxygen atoms in total. The van der Waals surface area contributed by atoms with E-state index in [0.717, 1.165) is 29.8 Å². The molecule has 6 heteroatoms. The summed E-state index contributed by atoms with van der Waals surface area (Å²) in [5.74, 6) is -0.0377. The van der Waals surface area contributed by atoms with Crippen LogP contribution in [0, 0.1) is 10.9 Å². The number of carbonyl (C=O) groups is 1. The lowest BCUT2D eigenvalue weighted by atomic mass is 10.2. The molecule has 0 aromatic carbocycles. The minimum Gasteiger partial charge on any atom is -0.391 e. The standard InChI is InChI=1S/C11H16N2O2S2/c1-6-9(17-11(16)12-6)5-10(15)13-7-3-2-4-8(7)14/h7-8,14H,2-5H2,1H3,(H,12,16)(H,13,15)/t7-,8+/m0/s1. The summed E-state index contributed by atoms with van der Waals surface area (Å²) in [7, 11) is 0. The molecule has 2 atom stereocenters. The number of aromatic amines is 1. The zero-order valence-corrected chi connectivity index (χ0v) is 11.3. The molecule has 1 aliphatic carbocycles. The Morgan fingerprint density at radius 1 is 1.65 bits per heavy atom. The van der Waals surface area contributed by atoms with Crippen LogP contribution in [-0.4, -0.2) is 28.1 Å². The van der Waals surface area contributed by atoms with E-state index in [4.69, 9.17) is 12.2 Å². The third-order valence-corrected chi connectivity index (χ3v) is 4.41. The van der Waals surface area contributed by atoms with E-state index in [1.54, 1.807) is 0 Å². The first-order chi connectivity index (χ1) is 8.06. The van der Waals surface area contributed by atoms with Gasteiger partial charge in [0, 0.05) is 10.6 Å². The summed E-state index contributed by atoms with van der Waals surface area (Å²) in [5.41, 5.74) is 0.960. The first-order valence-corrected chi connectivity index (χ1v) is 6.95. The van der Waals surface area contributed by atoms with Crippen LogP contribution < -0.4 is 5.32 Å². The second-order valence-electron chi connectivity index (χ2n) is 4.41. The van der Waals surface area contributed by atoms with Crippen LogP contribution >= 0.6 is 23.6 Å². The van der Waals surface area contributed by atoms with Crippen molar-refractivity contribution < 1.29 is 9.90 Å². The van der Waals surface area contributed by atoms with Gasteiger partial charge in [0.1, 0.15) is 0 Å². The third kappa shape index (κ3) is 3.14. The molecule has 1 aromatic heterocycles. The number of aliphatic hydroxyl groups is 1. The summed E-state index contributed by atoms with van der Waals surface area (Å²) in [6, 6.07) is -0.0743. The van der Waals surface area contributed by atoms with Gasteiger partial charge in [0.2, 0.25) is 5.91 Å². The minimum absolute atomic E-state index is 0.0377. The van der Waals surface area contributed by atoms with Gasteiger partial charge < -0.3 is 15.4 Å². The Balaban J connectivity index is 1.93. The van der Waals surface area contributed by atoms with Gasteiger partial charge in [-0.15, -0.1) is 11.3 Å². The molecule has 0 radical (unpaired) electrons. The average Bonchev–Trinajstić information content (AvgIpc) is 2.75. The number of carbonyl (C=O) groups excluding carboxylic acids is 1. The summed E-state index contributed by atoms with van der Waals surface area (Å²) in [5, 5.41) is 12.5. The van der Waals surface area contributed by atoms with Crippen molar-refractivity contribution >= 4 is 29.5 Å². The van der Waals surface area contributed by atoms with Crippen LogP contribution in [0.3, 0.4) is 0 Å². The summed E-state index contributed by atoms with van der Waals surface area (Å²) >= 11 is 6.46. The molecule has 1 aliphatic rings. The number of hydrogen-bond donors (Lipinski definition) is 3. The van der Waals surface area contributed by atoms with Crippen molar-refractivity contribution in [3.63, 3.8) is 0 Å². The number of thiazole rings is 1. The topological polar surface area (TPSA) is 65.1 Å². The Hall–Kier alpha value is -0.720. The van der Waals surface area contributed by atoms with Gasteiger partial charge >= 0.3 is 0 Å². The first kappa shape index (κ1) is 12.7. The van der Waals surface area contributed by atoms with Crippen LogP contribution in [0.5, 0.6) is 0 Å². The maximum Gasteiger partial charge on any atom is 0.225 e. The smallest absolute Gasteiger partial charge is 0.225 e. The second-order valence-corrected chi connectivity index (χ2v) is 6.18. The second kappa shape index (κ2) is 5.29. The number of aryl methyl sites for hydroxylation is 1. The zero-order valence-electron chi connectivity index (χ0n) is 9.66. The van der Waals surface area contributed by atoms with Crippen molar-refractivity contribution in [2.45, 2.75) is 44.8 Å². The fourth-order valence-electron chi connectivity index (χ4n) is 2.12. The molecule has 1 heterocycles. The molecule has 0 saturated heterocycles. The predicted molar refractivity (Wildman–Crippen MR) is 69.7 cm³/mol. The number of amides is 1. The molecular formula is C11H16N2O2S2. The summed E-state index contributed by atoms with van der Waals surface area (Å²) in [6.45, 7) is 1.92. The Morgan fingerprint density at radius 2 is 2.41 bits per heavy atom. The third-order valence-electron chi connectivity index (χ3n) is 3.07. The van der Waals surface area contributed by atoms with Gasteiger partial charge in [0.25, 0.3) is 0 Å². The molecule has 1 aromatic rings. The minimum atomic E-state index is -0.385. The fourth-order valence-corrected chi connectivity index (χ4v) is 3.41. The van der Waals surface area contributed by atoms with E-state index in [2.05, 4.69) is 10.3 Å². The van der Waals surface area contributed by atoms with Gasteiger partial charge in [0.05, 0.1) is 18.6 Å². The number of nitrogens with one attached hydrogen (secondary N) is 2. The van der Waals surface area contributed by atoms with Gasteiger partial charge in [-0.3, -0.25) is 4.79 Å². The van der Waals surface area contributed by atoms with Crippen molar-refractivity contribution in [1.29, 1.82) is 0 Å².